The van der Waals surface area contributed by atoms with Crippen molar-refractivity contribution in [2.45, 2.75) is 37.3 Å². The maximum absolute atomic E-state index is 11.8. The van der Waals surface area contributed by atoms with Gasteiger partial charge in [0, 0.05) is 10.6 Å². The van der Waals surface area contributed by atoms with Gasteiger partial charge in [-0.1, -0.05) is 18.2 Å². The van der Waals surface area contributed by atoms with Gasteiger partial charge < -0.3 is 10.1 Å². The standard InChI is InChI=1S/C15H20ClNO3S/c1-15(2,3)20-14(19)17-12(13(18)9-16)10-21-11-7-5-4-6-8-11/h4-8,12H,9-10H2,1-3H3,(H,17,19)/t12-/m0/s1. The van der Waals surface area contributed by atoms with E-state index in [4.69, 9.17) is 16.3 Å². The Morgan fingerprint density at radius 1 is 1.29 bits per heavy atom. The zero-order chi connectivity index (χ0) is 15.9. The van der Waals surface area contributed by atoms with Gasteiger partial charge in [0.15, 0.2) is 5.78 Å². The number of rotatable bonds is 6. The molecule has 0 fully saturated rings. The number of alkyl halides is 1. The van der Waals surface area contributed by atoms with Gasteiger partial charge in [0.25, 0.3) is 0 Å². The second-order valence-electron chi connectivity index (χ2n) is 5.42. The predicted octanol–water partition coefficient (Wildman–Crippen LogP) is 3.48. The molecule has 1 rings (SSSR count). The van der Waals surface area contributed by atoms with E-state index in [1.165, 1.54) is 11.8 Å². The van der Waals surface area contributed by atoms with Gasteiger partial charge in [0.2, 0.25) is 0 Å². The van der Waals surface area contributed by atoms with Gasteiger partial charge in [-0.15, -0.1) is 23.4 Å². The van der Waals surface area contributed by atoms with Gasteiger partial charge in [-0.05, 0) is 32.9 Å². The summed E-state index contributed by atoms with van der Waals surface area (Å²) in [6, 6.07) is 8.98. The van der Waals surface area contributed by atoms with Crippen LogP contribution in [0.4, 0.5) is 4.79 Å². The highest BCUT2D eigenvalue weighted by Gasteiger charge is 2.23. The summed E-state index contributed by atoms with van der Waals surface area (Å²) in [5.41, 5.74) is -0.606. The molecule has 4 nitrogen and oxygen atoms in total. The highest BCUT2D eigenvalue weighted by atomic mass is 35.5. The van der Waals surface area contributed by atoms with Gasteiger partial charge in [0.05, 0.1) is 5.88 Å². The number of carbonyl (C=O) groups excluding carboxylic acids is 2. The zero-order valence-electron chi connectivity index (χ0n) is 12.4. The van der Waals surface area contributed by atoms with Crippen LogP contribution in [0.1, 0.15) is 20.8 Å². The molecular formula is C15H20ClNO3S. The van der Waals surface area contributed by atoms with Crippen molar-refractivity contribution >= 4 is 35.2 Å². The average Bonchev–Trinajstić information content (AvgIpc) is 2.41. The van der Waals surface area contributed by atoms with Crippen LogP contribution in [0.5, 0.6) is 0 Å². The monoisotopic (exact) mass is 329 g/mol. The Labute approximate surface area is 134 Å². The molecule has 0 aliphatic carbocycles. The summed E-state index contributed by atoms with van der Waals surface area (Å²) < 4.78 is 5.16. The second kappa shape index (κ2) is 8.29. The van der Waals surface area contributed by atoms with Crippen LogP contribution in [-0.2, 0) is 9.53 Å². The van der Waals surface area contributed by atoms with Crippen LogP contribution >= 0.6 is 23.4 Å². The summed E-state index contributed by atoms with van der Waals surface area (Å²) in [7, 11) is 0. The van der Waals surface area contributed by atoms with Gasteiger partial charge >= 0.3 is 6.09 Å². The molecule has 0 radical (unpaired) electrons. The first-order chi connectivity index (χ1) is 9.81. The molecule has 1 amide bonds. The minimum atomic E-state index is -0.664. The van der Waals surface area contributed by atoms with E-state index in [2.05, 4.69) is 5.32 Å². The van der Waals surface area contributed by atoms with E-state index >= 15 is 0 Å². The van der Waals surface area contributed by atoms with Crippen molar-refractivity contribution in [3.8, 4) is 0 Å². The van der Waals surface area contributed by atoms with E-state index in [0.717, 1.165) is 4.90 Å². The van der Waals surface area contributed by atoms with Crippen LogP contribution in [0.25, 0.3) is 0 Å². The first-order valence-electron chi connectivity index (χ1n) is 6.58. The van der Waals surface area contributed by atoms with E-state index in [1.807, 2.05) is 30.3 Å². The van der Waals surface area contributed by atoms with Crippen LogP contribution < -0.4 is 5.32 Å². The first kappa shape index (κ1) is 17.9. The number of amides is 1. The molecule has 1 atom stereocenters. The molecular weight excluding hydrogens is 310 g/mol. The van der Waals surface area contributed by atoms with E-state index in [0.29, 0.717) is 5.75 Å². The van der Waals surface area contributed by atoms with Crippen molar-refractivity contribution in [2.75, 3.05) is 11.6 Å². The fourth-order valence-corrected chi connectivity index (χ4v) is 2.62. The summed E-state index contributed by atoms with van der Waals surface area (Å²) in [5, 5.41) is 2.58. The SMILES string of the molecule is CC(C)(C)OC(=O)N[C@@H](CSc1ccccc1)C(=O)CCl. The lowest BCUT2D eigenvalue weighted by molar-refractivity contribution is -0.118. The molecule has 116 valence electrons. The number of benzene rings is 1. The van der Waals surface area contributed by atoms with Crippen molar-refractivity contribution < 1.29 is 14.3 Å². The number of Topliss-reactive ketones (excluding diaryl/α,β-unsaturated/α-hetero) is 1. The third-order valence-corrected chi connectivity index (χ3v) is 3.74. The molecule has 0 bridgehead atoms. The third-order valence-electron chi connectivity index (χ3n) is 2.37. The fourth-order valence-electron chi connectivity index (χ4n) is 1.45. The average molecular weight is 330 g/mol. The van der Waals surface area contributed by atoms with E-state index < -0.39 is 17.7 Å². The summed E-state index contributed by atoms with van der Waals surface area (Å²) in [5.74, 6) is 0.0379. The van der Waals surface area contributed by atoms with E-state index in [1.54, 1.807) is 20.8 Å². The highest BCUT2D eigenvalue weighted by molar-refractivity contribution is 7.99. The number of ketones is 1. The second-order valence-corrected chi connectivity index (χ2v) is 6.78. The first-order valence-corrected chi connectivity index (χ1v) is 8.10. The molecule has 1 aromatic rings. The molecule has 0 saturated heterocycles. The number of carbonyl (C=O) groups is 2. The largest absolute Gasteiger partial charge is 0.444 e. The number of halogens is 1. The molecule has 0 heterocycles. The Morgan fingerprint density at radius 3 is 2.43 bits per heavy atom. The fraction of sp³-hybridized carbons (Fsp3) is 0.467. The summed E-state index contributed by atoms with van der Waals surface area (Å²) in [4.78, 5) is 24.6. The maximum Gasteiger partial charge on any atom is 0.408 e. The lowest BCUT2D eigenvalue weighted by atomic mass is 10.2. The molecule has 0 aliphatic heterocycles. The third kappa shape index (κ3) is 7.39. The molecule has 0 aliphatic rings. The predicted molar refractivity (Wildman–Crippen MR) is 86.1 cm³/mol. The van der Waals surface area contributed by atoms with Crippen LogP contribution in [-0.4, -0.2) is 35.2 Å². The maximum atomic E-state index is 11.8. The molecule has 0 aromatic heterocycles. The quantitative estimate of drug-likeness (QED) is 0.641. The number of hydrogen-bond acceptors (Lipinski definition) is 4. The van der Waals surface area contributed by atoms with Crippen molar-refractivity contribution in [3.05, 3.63) is 30.3 Å². The van der Waals surface area contributed by atoms with E-state index in [9.17, 15) is 9.59 Å². The molecule has 0 spiro atoms. The van der Waals surface area contributed by atoms with Gasteiger partial charge in [-0.3, -0.25) is 4.79 Å². The number of alkyl carbamates (subject to hydrolysis) is 1. The lowest BCUT2D eigenvalue weighted by Gasteiger charge is -2.22. The number of ether oxygens (including phenoxy) is 1. The van der Waals surface area contributed by atoms with E-state index in [-0.39, 0.29) is 11.7 Å². The van der Waals surface area contributed by atoms with Gasteiger partial charge in [-0.2, -0.15) is 0 Å². The van der Waals surface area contributed by atoms with Crippen LogP contribution in [0.15, 0.2) is 35.2 Å². The molecule has 0 unspecified atom stereocenters. The van der Waals surface area contributed by atoms with Crippen LogP contribution in [0, 0.1) is 0 Å². The minimum absolute atomic E-state index is 0.143. The lowest BCUT2D eigenvalue weighted by Crippen LogP contribution is -2.45. The smallest absolute Gasteiger partial charge is 0.408 e. The summed E-state index contributed by atoms with van der Waals surface area (Å²) >= 11 is 7.08. The highest BCUT2D eigenvalue weighted by Crippen LogP contribution is 2.18. The minimum Gasteiger partial charge on any atom is -0.444 e. The summed E-state index contributed by atoms with van der Waals surface area (Å²) in [6.07, 6.45) is -0.611. The Balaban J connectivity index is 2.60. The normalized spacial score (nSPS) is 12.6. The number of nitrogens with one attached hydrogen (secondary N) is 1. The molecule has 0 saturated carbocycles. The van der Waals surface area contributed by atoms with Gasteiger partial charge in [-0.25, -0.2) is 4.79 Å². The zero-order valence-corrected chi connectivity index (χ0v) is 14.0. The van der Waals surface area contributed by atoms with Crippen molar-refractivity contribution in [2.24, 2.45) is 0 Å². The van der Waals surface area contributed by atoms with Crippen molar-refractivity contribution in [1.29, 1.82) is 0 Å². The Kier molecular flexibility index (Phi) is 7.05. The number of thioether (sulfide) groups is 1. The van der Waals surface area contributed by atoms with Crippen LogP contribution in [0.2, 0.25) is 0 Å². The van der Waals surface area contributed by atoms with Gasteiger partial charge in [0.1, 0.15) is 11.6 Å². The van der Waals surface area contributed by atoms with Crippen molar-refractivity contribution in [3.63, 3.8) is 0 Å². The summed E-state index contributed by atoms with van der Waals surface area (Å²) in [6.45, 7) is 5.30. The molecule has 1 aromatic carbocycles. The Morgan fingerprint density at radius 2 is 1.90 bits per heavy atom. The molecule has 1 N–H and O–H groups in total. The molecule has 6 heteroatoms. The van der Waals surface area contributed by atoms with Crippen molar-refractivity contribution in [1.82, 2.24) is 5.32 Å². The van der Waals surface area contributed by atoms with Crippen LogP contribution in [0.3, 0.4) is 0 Å². The Hall–Kier alpha value is -1.20. The Bertz CT molecular complexity index is 474. The topological polar surface area (TPSA) is 55.4 Å². The number of hydrogen-bond donors (Lipinski definition) is 1. The molecule has 21 heavy (non-hydrogen) atoms.